The number of amides is 1. The van der Waals surface area contributed by atoms with E-state index in [4.69, 9.17) is 0 Å². The first-order valence-electron chi connectivity index (χ1n) is 7.69. The van der Waals surface area contributed by atoms with Crippen molar-refractivity contribution in [2.45, 2.75) is 39.5 Å². The summed E-state index contributed by atoms with van der Waals surface area (Å²) in [5.74, 6) is 0.0730. The summed E-state index contributed by atoms with van der Waals surface area (Å²) in [5.41, 5.74) is 7.15. The zero-order valence-electron chi connectivity index (χ0n) is 13.0. The Morgan fingerprint density at radius 3 is 2.81 bits per heavy atom. The standard InChI is InChI=1S/C18H22N2O/c1-4-5-10-15-12(2)18-13-8-6-7-9-14(13)19-17(21)11-16(18)20(15)3/h6-9H,4-5,10-11H2,1-3H3,(H,19,21). The van der Waals surface area contributed by atoms with E-state index in [1.165, 1.54) is 29.7 Å². The topological polar surface area (TPSA) is 34.0 Å². The minimum Gasteiger partial charge on any atom is -0.350 e. The van der Waals surface area contributed by atoms with Crippen LogP contribution in [0.25, 0.3) is 11.1 Å². The van der Waals surface area contributed by atoms with Crippen LogP contribution in [0.2, 0.25) is 0 Å². The summed E-state index contributed by atoms with van der Waals surface area (Å²) in [6.07, 6.45) is 3.90. The maximum absolute atomic E-state index is 12.2. The maximum Gasteiger partial charge on any atom is 0.230 e. The predicted molar refractivity (Wildman–Crippen MR) is 86.5 cm³/mol. The lowest BCUT2D eigenvalue weighted by Crippen LogP contribution is -2.15. The third kappa shape index (κ3) is 2.27. The number of nitrogens with one attached hydrogen (secondary N) is 1. The number of aromatic nitrogens is 1. The van der Waals surface area contributed by atoms with Crippen LogP contribution in [-0.4, -0.2) is 10.5 Å². The third-order valence-corrected chi connectivity index (χ3v) is 4.47. The number of unbranched alkanes of at least 4 members (excludes halogenated alkanes) is 1. The van der Waals surface area contributed by atoms with Crippen LogP contribution >= 0.6 is 0 Å². The fourth-order valence-electron chi connectivity index (χ4n) is 3.36. The molecule has 0 spiro atoms. The van der Waals surface area contributed by atoms with Crippen LogP contribution in [0.3, 0.4) is 0 Å². The first kappa shape index (κ1) is 13.9. The number of hydrogen-bond donors (Lipinski definition) is 1. The molecule has 2 heterocycles. The Kier molecular flexibility index (Phi) is 3.58. The van der Waals surface area contributed by atoms with E-state index in [0.29, 0.717) is 6.42 Å². The number of hydrogen-bond acceptors (Lipinski definition) is 1. The van der Waals surface area contributed by atoms with Gasteiger partial charge in [-0.3, -0.25) is 4.79 Å². The van der Waals surface area contributed by atoms with Crippen molar-refractivity contribution in [3.05, 3.63) is 41.2 Å². The molecule has 1 N–H and O–H groups in total. The van der Waals surface area contributed by atoms with Gasteiger partial charge in [0.2, 0.25) is 5.91 Å². The maximum atomic E-state index is 12.2. The number of nitrogens with zero attached hydrogens (tertiary/aromatic N) is 1. The molecule has 2 aromatic rings. The molecule has 0 saturated heterocycles. The zero-order chi connectivity index (χ0) is 15.0. The van der Waals surface area contributed by atoms with Gasteiger partial charge in [-0.15, -0.1) is 0 Å². The molecule has 0 unspecified atom stereocenters. The number of anilines is 1. The summed E-state index contributed by atoms with van der Waals surface area (Å²) in [6, 6.07) is 8.11. The van der Waals surface area contributed by atoms with Crippen molar-refractivity contribution in [3.8, 4) is 11.1 Å². The number of rotatable bonds is 3. The average molecular weight is 282 g/mol. The van der Waals surface area contributed by atoms with Crippen molar-refractivity contribution < 1.29 is 4.79 Å². The Morgan fingerprint density at radius 1 is 1.29 bits per heavy atom. The number of para-hydroxylation sites is 1. The molecule has 21 heavy (non-hydrogen) atoms. The van der Waals surface area contributed by atoms with Crippen molar-refractivity contribution >= 4 is 11.6 Å². The van der Waals surface area contributed by atoms with Crippen LogP contribution in [0.5, 0.6) is 0 Å². The molecule has 0 bridgehead atoms. The Morgan fingerprint density at radius 2 is 2.05 bits per heavy atom. The number of carbonyl (C=O) groups excluding carboxylic acids is 1. The summed E-state index contributed by atoms with van der Waals surface area (Å²) in [6.45, 7) is 4.41. The second-order valence-electron chi connectivity index (χ2n) is 5.83. The molecule has 3 rings (SSSR count). The third-order valence-electron chi connectivity index (χ3n) is 4.47. The van der Waals surface area contributed by atoms with Gasteiger partial charge in [-0.05, 0) is 31.4 Å². The molecule has 0 radical (unpaired) electrons. The van der Waals surface area contributed by atoms with Crippen molar-refractivity contribution in [2.75, 3.05) is 5.32 Å². The lowest BCUT2D eigenvalue weighted by atomic mass is 9.98. The van der Waals surface area contributed by atoms with E-state index in [9.17, 15) is 4.79 Å². The highest BCUT2D eigenvalue weighted by Gasteiger charge is 2.25. The molecule has 1 amide bonds. The van der Waals surface area contributed by atoms with Crippen LogP contribution in [0.1, 0.15) is 36.7 Å². The van der Waals surface area contributed by atoms with Gasteiger partial charge in [0.1, 0.15) is 0 Å². The minimum absolute atomic E-state index is 0.0730. The molecule has 0 aliphatic carbocycles. The van der Waals surface area contributed by atoms with Crippen LogP contribution in [-0.2, 0) is 24.7 Å². The highest BCUT2D eigenvalue weighted by molar-refractivity contribution is 6.01. The highest BCUT2D eigenvalue weighted by Crippen LogP contribution is 2.39. The molecule has 0 saturated carbocycles. The van der Waals surface area contributed by atoms with Crippen molar-refractivity contribution in [1.82, 2.24) is 4.57 Å². The van der Waals surface area contributed by atoms with Gasteiger partial charge in [0.15, 0.2) is 0 Å². The number of carbonyl (C=O) groups is 1. The summed E-state index contributed by atoms with van der Waals surface area (Å²) in [4.78, 5) is 12.2. The largest absolute Gasteiger partial charge is 0.350 e. The van der Waals surface area contributed by atoms with Crippen LogP contribution in [0.4, 0.5) is 5.69 Å². The molecule has 1 aromatic heterocycles. The average Bonchev–Trinajstić information content (AvgIpc) is 2.61. The van der Waals surface area contributed by atoms with Gasteiger partial charge in [0.25, 0.3) is 0 Å². The fraction of sp³-hybridized carbons (Fsp3) is 0.389. The molecular weight excluding hydrogens is 260 g/mol. The normalized spacial score (nSPS) is 13.4. The molecule has 1 aliphatic heterocycles. The summed E-state index contributed by atoms with van der Waals surface area (Å²) >= 11 is 0. The van der Waals surface area contributed by atoms with E-state index in [1.807, 2.05) is 18.2 Å². The Hall–Kier alpha value is -2.03. The van der Waals surface area contributed by atoms with E-state index in [0.717, 1.165) is 23.4 Å². The monoisotopic (exact) mass is 282 g/mol. The Bertz CT molecular complexity index is 697. The summed E-state index contributed by atoms with van der Waals surface area (Å²) < 4.78 is 2.24. The van der Waals surface area contributed by atoms with E-state index in [2.05, 4.69) is 36.8 Å². The van der Waals surface area contributed by atoms with E-state index in [1.54, 1.807) is 0 Å². The Labute approximate surface area is 126 Å². The van der Waals surface area contributed by atoms with Gasteiger partial charge < -0.3 is 9.88 Å². The Balaban J connectivity index is 2.22. The molecule has 110 valence electrons. The van der Waals surface area contributed by atoms with Crippen LogP contribution in [0, 0.1) is 6.92 Å². The van der Waals surface area contributed by atoms with Crippen molar-refractivity contribution in [3.63, 3.8) is 0 Å². The van der Waals surface area contributed by atoms with Gasteiger partial charge in [0, 0.05) is 35.2 Å². The van der Waals surface area contributed by atoms with Gasteiger partial charge in [0.05, 0.1) is 6.42 Å². The quantitative estimate of drug-likeness (QED) is 0.912. The molecule has 0 fully saturated rings. The van der Waals surface area contributed by atoms with Crippen LogP contribution in [0.15, 0.2) is 24.3 Å². The smallest absolute Gasteiger partial charge is 0.230 e. The van der Waals surface area contributed by atoms with E-state index in [-0.39, 0.29) is 5.91 Å². The summed E-state index contributed by atoms with van der Waals surface area (Å²) in [7, 11) is 2.10. The molecule has 3 heteroatoms. The predicted octanol–water partition coefficient (Wildman–Crippen LogP) is 3.84. The van der Waals surface area contributed by atoms with Crippen LogP contribution < -0.4 is 5.32 Å². The van der Waals surface area contributed by atoms with Crippen molar-refractivity contribution in [1.29, 1.82) is 0 Å². The minimum atomic E-state index is 0.0730. The van der Waals surface area contributed by atoms with Gasteiger partial charge in [-0.1, -0.05) is 31.5 Å². The second-order valence-corrected chi connectivity index (χ2v) is 5.83. The molecule has 3 nitrogen and oxygen atoms in total. The lowest BCUT2D eigenvalue weighted by molar-refractivity contribution is -0.115. The fourth-order valence-corrected chi connectivity index (χ4v) is 3.36. The highest BCUT2D eigenvalue weighted by atomic mass is 16.1. The van der Waals surface area contributed by atoms with Gasteiger partial charge >= 0.3 is 0 Å². The molecule has 1 aromatic carbocycles. The SMILES string of the molecule is CCCCc1c(C)c2c(n1C)CC(=O)Nc1ccccc1-2. The second kappa shape index (κ2) is 5.40. The zero-order valence-corrected chi connectivity index (χ0v) is 13.0. The lowest BCUT2D eigenvalue weighted by Gasteiger charge is -2.09. The first-order valence-corrected chi connectivity index (χ1v) is 7.69. The number of fused-ring (bicyclic) bond motifs is 3. The number of benzene rings is 1. The molecule has 1 aliphatic rings. The van der Waals surface area contributed by atoms with E-state index >= 15 is 0 Å². The molecule has 0 atom stereocenters. The van der Waals surface area contributed by atoms with Gasteiger partial charge in [-0.2, -0.15) is 0 Å². The molecular formula is C18H22N2O. The van der Waals surface area contributed by atoms with E-state index < -0.39 is 0 Å². The van der Waals surface area contributed by atoms with Crippen molar-refractivity contribution in [2.24, 2.45) is 7.05 Å². The van der Waals surface area contributed by atoms with Gasteiger partial charge in [-0.25, -0.2) is 0 Å². The first-order chi connectivity index (χ1) is 10.1. The summed E-state index contributed by atoms with van der Waals surface area (Å²) in [5, 5.41) is 3.02.